The minimum Gasteiger partial charge on any atom is -0.464 e. The second-order valence-corrected chi connectivity index (χ2v) is 13.6. The molecule has 0 N–H and O–H groups in total. The third-order valence-electron chi connectivity index (χ3n) is 8.75. The quantitative estimate of drug-likeness (QED) is 0.150. The minimum atomic E-state index is -2.09. The van der Waals surface area contributed by atoms with Crippen LogP contribution in [-0.4, -0.2) is 14.5 Å². The van der Waals surface area contributed by atoms with Crippen molar-refractivity contribution in [2.45, 2.75) is 52.9 Å². The van der Waals surface area contributed by atoms with Crippen molar-refractivity contribution in [3.05, 3.63) is 155 Å². The Balaban J connectivity index is 0.000000238. The summed E-state index contributed by atoms with van der Waals surface area (Å²) in [6.45, 7) is 7.82. The molecule has 0 amide bonds. The summed E-state index contributed by atoms with van der Waals surface area (Å²) in [4.78, 5) is 9.28. The van der Waals surface area contributed by atoms with E-state index >= 15 is 0 Å². The second-order valence-electron chi connectivity index (χ2n) is 12.7. The number of furan rings is 1. The molecule has 253 valence electrons. The van der Waals surface area contributed by atoms with Crippen LogP contribution >= 0.6 is 11.3 Å². The standard InChI is InChI=1S/C32H29N2OS.C12H10N.Ir/c1-20(2)23-9-7-10-24(21(3)4)26(23)18-34-29-12-6-5-11-28(29)33-32(34)27-19-36-31-15-14-22(17-25(27)31)30-13-8-16-35-30;1-10-7-8-12(13-9-10)11-5-3-2-4-6-11;/h5-17,20-21H,18H2,1-4H3;2-5,7-9H,1H3;/q2*-1;/i;1D3;. The van der Waals surface area contributed by atoms with Crippen LogP contribution in [0.25, 0.3) is 55.1 Å². The van der Waals surface area contributed by atoms with Crippen molar-refractivity contribution < 1.29 is 28.6 Å². The predicted octanol–water partition coefficient (Wildman–Crippen LogP) is 12.1. The molecule has 0 aliphatic carbocycles. The second kappa shape index (κ2) is 15.5. The number of benzene rings is 4. The average Bonchev–Trinajstić information content (AvgIpc) is 3.91. The molecule has 0 saturated carbocycles. The molecule has 4 heterocycles. The number of imidazole rings is 1. The van der Waals surface area contributed by atoms with E-state index in [2.05, 4.69) is 109 Å². The summed E-state index contributed by atoms with van der Waals surface area (Å²) in [5.74, 6) is 2.73. The molecule has 0 aliphatic rings. The Labute approximate surface area is 316 Å². The Morgan fingerprint density at radius 2 is 1.66 bits per heavy atom. The number of aryl methyl sites for hydroxylation is 1. The van der Waals surface area contributed by atoms with Crippen LogP contribution in [0.15, 0.2) is 126 Å². The van der Waals surface area contributed by atoms with Gasteiger partial charge in [0.15, 0.2) is 0 Å². The van der Waals surface area contributed by atoms with Crippen LogP contribution in [0.5, 0.6) is 0 Å². The van der Waals surface area contributed by atoms with Crippen molar-refractivity contribution in [3.63, 3.8) is 0 Å². The first-order valence-corrected chi connectivity index (χ1v) is 17.4. The number of pyridine rings is 1. The first kappa shape index (κ1) is 31.4. The third-order valence-corrected chi connectivity index (χ3v) is 9.64. The van der Waals surface area contributed by atoms with E-state index < -0.39 is 6.85 Å². The molecule has 0 aliphatic heterocycles. The number of aromatic nitrogens is 3. The summed E-state index contributed by atoms with van der Waals surface area (Å²) in [7, 11) is 0. The monoisotopic (exact) mass is 853 g/mol. The van der Waals surface area contributed by atoms with Gasteiger partial charge in [0.25, 0.3) is 0 Å². The summed E-state index contributed by atoms with van der Waals surface area (Å²) in [6.07, 6.45) is 3.11. The van der Waals surface area contributed by atoms with Crippen LogP contribution < -0.4 is 0 Å². The third kappa shape index (κ3) is 7.29. The Hall–Kier alpha value is -4.61. The molecule has 0 unspecified atom stereocenters. The van der Waals surface area contributed by atoms with Crippen LogP contribution in [0, 0.1) is 18.3 Å². The Morgan fingerprint density at radius 1 is 0.860 bits per heavy atom. The Morgan fingerprint density at radius 3 is 2.34 bits per heavy atom. The van der Waals surface area contributed by atoms with Crippen LogP contribution in [0.1, 0.15) is 65.9 Å². The van der Waals surface area contributed by atoms with Crippen molar-refractivity contribution in [3.8, 4) is 34.0 Å². The minimum absolute atomic E-state index is 0. The molecule has 8 rings (SSSR count). The SMILES string of the molecule is CC(C)c1cccc(C(C)C)c1Cn1c(-c2[c-]sc3ccc(-c4ccco4)cc23)nc2ccccc21.[2H]C([2H])([2H])c1ccc(-c2[c-]cccc2)nc1.[Ir]. The molecule has 0 atom stereocenters. The maximum absolute atomic E-state index is 7.23. The van der Waals surface area contributed by atoms with E-state index in [9.17, 15) is 0 Å². The van der Waals surface area contributed by atoms with Crippen molar-refractivity contribution >= 4 is 32.5 Å². The van der Waals surface area contributed by atoms with Gasteiger partial charge in [0.1, 0.15) is 5.76 Å². The van der Waals surface area contributed by atoms with Crippen molar-refractivity contribution in [1.29, 1.82) is 0 Å². The van der Waals surface area contributed by atoms with E-state index in [1.165, 1.54) is 27.6 Å². The zero-order chi connectivity index (χ0) is 36.4. The van der Waals surface area contributed by atoms with Crippen LogP contribution in [-0.2, 0) is 26.7 Å². The van der Waals surface area contributed by atoms with E-state index in [1.54, 1.807) is 35.8 Å². The summed E-state index contributed by atoms with van der Waals surface area (Å²) >= 11 is 1.65. The van der Waals surface area contributed by atoms with Gasteiger partial charge in [-0.3, -0.25) is 16.3 Å². The molecule has 0 bridgehead atoms. The molecular weight excluding hydrogens is 811 g/mol. The van der Waals surface area contributed by atoms with Crippen LogP contribution in [0.3, 0.4) is 0 Å². The first-order chi connectivity index (χ1) is 25.1. The van der Waals surface area contributed by atoms with Crippen molar-refractivity contribution in [2.75, 3.05) is 0 Å². The largest absolute Gasteiger partial charge is 0.464 e. The normalized spacial score (nSPS) is 12.3. The molecule has 0 spiro atoms. The van der Waals surface area contributed by atoms with Crippen LogP contribution in [0.2, 0.25) is 0 Å². The van der Waals surface area contributed by atoms with Gasteiger partial charge in [0, 0.05) is 42.5 Å². The fraction of sp³-hybridized carbons (Fsp3) is 0.182. The van der Waals surface area contributed by atoms with E-state index in [-0.39, 0.29) is 25.7 Å². The van der Waals surface area contributed by atoms with Gasteiger partial charge < -0.3 is 14.0 Å². The topological polar surface area (TPSA) is 43.9 Å². The van der Waals surface area contributed by atoms with Crippen molar-refractivity contribution in [1.82, 2.24) is 14.5 Å². The molecule has 50 heavy (non-hydrogen) atoms. The molecule has 1 radical (unpaired) electrons. The molecule has 0 fully saturated rings. The Kier molecular flexibility index (Phi) is 9.74. The number of rotatable bonds is 7. The van der Waals surface area contributed by atoms with Gasteiger partial charge in [0.2, 0.25) is 0 Å². The van der Waals surface area contributed by atoms with Crippen molar-refractivity contribution in [2.24, 2.45) is 0 Å². The number of para-hydroxylation sites is 2. The summed E-state index contributed by atoms with van der Waals surface area (Å²) in [6, 6.07) is 39.4. The van der Waals surface area contributed by atoms with E-state index in [0.717, 1.165) is 56.9 Å². The van der Waals surface area contributed by atoms with Gasteiger partial charge in [-0.15, -0.1) is 41.3 Å². The van der Waals surface area contributed by atoms with E-state index in [1.807, 2.05) is 30.3 Å². The number of hydrogen-bond acceptors (Lipinski definition) is 4. The van der Waals surface area contributed by atoms with Gasteiger partial charge in [0.05, 0.1) is 23.1 Å². The average molecular weight is 853 g/mol. The number of nitrogens with zero attached hydrogens (tertiary/aromatic N) is 3. The molecule has 0 saturated heterocycles. The van der Waals surface area contributed by atoms with Gasteiger partial charge in [-0.25, -0.2) is 0 Å². The zero-order valence-electron chi connectivity index (χ0n) is 31.4. The smallest absolute Gasteiger partial charge is 0.133 e. The number of fused-ring (bicyclic) bond motifs is 2. The maximum Gasteiger partial charge on any atom is 0.133 e. The van der Waals surface area contributed by atoms with Gasteiger partial charge in [-0.1, -0.05) is 104 Å². The number of hydrogen-bond donors (Lipinski definition) is 0. The van der Waals surface area contributed by atoms with Gasteiger partial charge in [-0.2, -0.15) is 0 Å². The molecule has 4 aromatic carbocycles. The summed E-state index contributed by atoms with van der Waals surface area (Å²) < 4.78 is 31.0. The molecular formula is C44H39IrN3OS-2. The Bertz CT molecular complexity index is 2400. The molecule has 4 aromatic heterocycles. The maximum atomic E-state index is 7.23. The fourth-order valence-corrected chi connectivity index (χ4v) is 7.14. The fourth-order valence-electron chi connectivity index (χ4n) is 6.32. The number of thiophene rings is 1. The first-order valence-electron chi connectivity index (χ1n) is 18.1. The summed E-state index contributed by atoms with van der Waals surface area (Å²) in [5, 5.41) is 4.75. The van der Waals surface area contributed by atoms with Gasteiger partial charge in [-0.05, 0) is 70.9 Å². The van der Waals surface area contributed by atoms with E-state index in [4.69, 9.17) is 13.5 Å². The van der Waals surface area contributed by atoms with Gasteiger partial charge >= 0.3 is 0 Å². The summed E-state index contributed by atoms with van der Waals surface area (Å²) in [5.41, 5.74) is 10.3. The molecule has 4 nitrogen and oxygen atoms in total. The molecule has 6 heteroatoms. The predicted molar refractivity (Wildman–Crippen MR) is 204 cm³/mol. The zero-order valence-corrected chi connectivity index (χ0v) is 31.6. The molecule has 8 aromatic rings. The van der Waals surface area contributed by atoms with E-state index in [0.29, 0.717) is 11.8 Å². The van der Waals surface area contributed by atoms with Crippen LogP contribution in [0.4, 0.5) is 0 Å².